The van der Waals surface area contributed by atoms with Crippen LogP contribution in [0, 0.1) is 0 Å². The van der Waals surface area contributed by atoms with Crippen LogP contribution in [0.2, 0.25) is 0 Å². The van der Waals surface area contributed by atoms with Gasteiger partial charge in [-0.25, -0.2) is 0 Å². The van der Waals surface area contributed by atoms with Gasteiger partial charge < -0.3 is 15.7 Å². The molecule has 3 N–H and O–H groups in total. The van der Waals surface area contributed by atoms with Crippen LogP contribution >= 0.6 is 11.6 Å². The van der Waals surface area contributed by atoms with Gasteiger partial charge >= 0.3 is 6.18 Å². The summed E-state index contributed by atoms with van der Waals surface area (Å²) in [6.45, 7) is 0. The Labute approximate surface area is 122 Å². The lowest BCUT2D eigenvalue weighted by Gasteiger charge is -2.24. The second-order valence-corrected chi connectivity index (χ2v) is 4.73. The van der Waals surface area contributed by atoms with E-state index >= 15 is 0 Å². The van der Waals surface area contributed by atoms with E-state index < -0.39 is 34.1 Å². The number of anilines is 1. The number of hydrogen-bond donors (Lipinski definition) is 3. The van der Waals surface area contributed by atoms with E-state index in [9.17, 15) is 23.1 Å². The number of aromatic hydroxyl groups is 1. The maximum atomic E-state index is 12.6. The van der Waals surface area contributed by atoms with Crippen molar-refractivity contribution in [1.29, 1.82) is 0 Å². The third kappa shape index (κ3) is 3.27. The molecule has 1 unspecified atom stereocenters. The lowest BCUT2D eigenvalue weighted by molar-refractivity contribution is -0.137. The van der Waals surface area contributed by atoms with E-state index in [0.29, 0.717) is 12.1 Å². The van der Waals surface area contributed by atoms with Gasteiger partial charge in [0.05, 0.1) is 17.5 Å². The van der Waals surface area contributed by atoms with Gasteiger partial charge in [0.25, 0.3) is 5.91 Å². The number of carbonyl (C=O) groups is 1. The van der Waals surface area contributed by atoms with Crippen LogP contribution < -0.4 is 10.6 Å². The molecule has 1 aliphatic heterocycles. The molecule has 0 fully saturated rings. The quantitative estimate of drug-likeness (QED) is 0.445. The van der Waals surface area contributed by atoms with Crippen molar-refractivity contribution in [3.63, 3.8) is 0 Å². The highest BCUT2D eigenvalue weighted by Crippen LogP contribution is 2.34. The van der Waals surface area contributed by atoms with Crippen molar-refractivity contribution in [1.82, 2.24) is 5.32 Å². The largest absolute Gasteiger partial charge is 0.506 e. The van der Waals surface area contributed by atoms with E-state index in [4.69, 9.17) is 11.6 Å². The molecular weight excluding hydrogens is 311 g/mol. The van der Waals surface area contributed by atoms with Crippen LogP contribution in [0.3, 0.4) is 0 Å². The molecule has 0 aromatic heterocycles. The van der Waals surface area contributed by atoms with Crippen molar-refractivity contribution in [2.24, 2.45) is 4.99 Å². The Bertz CT molecular complexity index is 631. The molecule has 9 heteroatoms. The van der Waals surface area contributed by atoms with Crippen molar-refractivity contribution in [3.05, 3.63) is 36.2 Å². The fourth-order valence-corrected chi connectivity index (χ4v) is 1.70. The third-order valence-corrected chi connectivity index (χ3v) is 2.99. The van der Waals surface area contributed by atoms with Gasteiger partial charge in [-0.15, -0.1) is 0 Å². The highest BCUT2D eigenvalue weighted by Gasteiger charge is 2.36. The topological polar surface area (TPSA) is 73.7 Å². The molecule has 0 aliphatic carbocycles. The number of benzene rings is 1. The highest BCUT2D eigenvalue weighted by molar-refractivity contribution is 6.45. The Morgan fingerprint density at radius 3 is 2.71 bits per heavy atom. The van der Waals surface area contributed by atoms with E-state index in [1.54, 1.807) is 0 Å². The molecule has 112 valence electrons. The summed E-state index contributed by atoms with van der Waals surface area (Å²) in [7, 11) is 0. The summed E-state index contributed by atoms with van der Waals surface area (Å²) in [6, 6.07) is 2.15. The highest BCUT2D eigenvalue weighted by atomic mass is 35.5. The maximum absolute atomic E-state index is 12.6. The van der Waals surface area contributed by atoms with Gasteiger partial charge in [0.2, 0.25) is 5.00 Å². The Morgan fingerprint density at radius 2 is 2.14 bits per heavy atom. The number of carbonyl (C=O) groups excluding carboxylic acids is 1. The summed E-state index contributed by atoms with van der Waals surface area (Å²) in [6.07, 6.45) is -0.873. The van der Waals surface area contributed by atoms with Crippen molar-refractivity contribution in [2.45, 2.75) is 11.2 Å². The van der Waals surface area contributed by atoms with E-state index in [0.717, 1.165) is 12.3 Å². The van der Waals surface area contributed by atoms with Crippen molar-refractivity contribution in [2.75, 3.05) is 5.32 Å². The molecule has 21 heavy (non-hydrogen) atoms. The van der Waals surface area contributed by atoms with Crippen molar-refractivity contribution >= 4 is 29.4 Å². The zero-order valence-electron chi connectivity index (χ0n) is 10.3. The Hall–Kier alpha value is -2.22. The molecule has 0 spiro atoms. The summed E-state index contributed by atoms with van der Waals surface area (Å²) < 4.78 is 37.8. The molecule has 1 aliphatic rings. The van der Waals surface area contributed by atoms with Gasteiger partial charge in [0.15, 0.2) is 0 Å². The molecule has 0 radical (unpaired) electrons. The number of nitrogens with one attached hydrogen (secondary N) is 2. The standard InChI is InChI=1S/C12H9ClF3N3O2/c13-11(6-17-3-4-18-11)10(21)19-8-5-7(12(14,15)16)1-2-9(8)20/h1-6,18,20H,(H,19,21). The zero-order valence-corrected chi connectivity index (χ0v) is 11.0. The first-order valence-electron chi connectivity index (χ1n) is 5.60. The Kier molecular flexibility index (Phi) is 3.82. The first-order valence-corrected chi connectivity index (χ1v) is 5.98. The van der Waals surface area contributed by atoms with Crippen LogP contribution in [-0.4, -0.2) is 22.2 Å². The second kappa shape index (κ2) is 5.28. The van der Waals surface area contributed by atoms with Crippen LogP contribution in [0.1, 0.15) is 5.56 Å². The van der Waals surface area contributed by atoms with Crippen LogP contribution in [0.15, 0.2) is 35.6 Å². The van der Waals surface area contributed by atoms with Crippen LogP contribution in [-0.2, 0) is 11.0 Å². The second-order valence-electron chi connectivity index (χ2n) is 4.13. The number of halogens is 4. The molecule has 5 nitrogen and oxygen atoms in total. The lowest BCUT2D eigenvalue weighted by Crippen LogP contribution is -2.50. The van der Waals surface area contributed by atoms with E-state index in [2.05, 4.69) is 15.6 Å². The molecule has 1 amide bonds. The number of hydrogen-bond acceptors (Lipinski definition) is 4. The molecule has 1 aromatic rings. The monoisotopic (exact) mass is 319 g/mol. The summed E-state index contributed by atoms with van der Waals surface area (Å²) in [5, 5.41) is 14.2. The SMILES string of the molecule is O=C(Nc1cc(C(F)(F)F)ccc1O)C1(Cl)C=NC=CN1. The molecule has 0 saturated heterocycles. The third-order valence-electron chi connectivity index (χ3n) is 2.61. The van der Waals surface area contributed by atoms with Gasteiger partial charge in [-0.3, -0.25) is 9.79 Å². The summed E-state index contributed by atoms with van der Waals surface area (Å²) in [5.74, 6) is -1.40. The van der Waals surface area contributed by atoms with Gasteiger partial charge in [-0.1, -0.05) is 11.6 Å². The molecule has 1 heterocycles. The zero-order chi connectivity index (χ0) is 15.7. The number of alkyl halides is 4. The molecular formula is C12H9ClF3N3O2. The number of aliphatic imine (C=N–C) groups is 1. The van der Waals surface area contributed by atoms with Crippen LogP contribution in [0.4, 0.5) is 18.9 Å². The molecule has 0 bridgehead atoms. The van der Waals surface area contributed by atoms with Crippen LogP contribution in [0.25, 0.3) is 0 Å². The smallest absolute Gasteiger partial charge is 0.416 e. The van der Waals surface area contributed by atoms with Crippen LogP contribution in [0.5, 0.6) is 5.75 Å². The Balaban J connectivity index is 2.25. The summed E-state index contributed by atoms with van der Waals surface area (Å²) in [4.78, 5) is 13.9. The van der Waals surface area contributed by atoms with E-state index in [-0.39, 0.29) is 0 Å². The van der Waals surface area contributed by atoms with Gasteiger partial charge in [0.1, 0.15) is 5.75 Å². The average molecular weight is 320 g/mol. The first-order chi connectivity index (χ1) is 9.72. The predicted octanol–water partition coefficient (Wildman–Crippen LogP) is 2.43. The van der Waals surface area contributed by atoms with Crippen molar-refractivity contribution < 1.29 is 23.1 Å². The van der Waals surface area contributed by atoms with Gasteiger partial charge in [-0.05, 0) is 18.2 Å². The van der Waals surface area contributed by atoms with E-state index in [1.165, 1.54) is 12.4 Å². The minimum Gasteiger partial charge on any atom is -0.506 e. The number of phenols is 1. The number of amides is 1. The van der Waals surface area contributed by atoms with Gasteiger partial charge in [-0.2, -0.15) is 13.2 Å². The Morgan fingerprint density at radius 1 is 1.43 bits per heavy atom. The fourth-order valence-electron chi connectivity index (χ4n) is 1.53. The minimum atomic E-state index is -4.60. The summed E-state index contributed by atoms with van der Waals surface area (Å²) in [5.41, 5.74) is -1.41. The maximum Gasteiger partial charge on any atom is 0.416 e. The normalized spacial score (nSPS) is 21.0. The predicted molar refractivity (Wildman–Crippen MR) is 71.1 cm³/mol. The molecule has 1 aromatic carbocycles. The summed E-state index contributed by atoms with van der Waals surface area (Å²) >= 11 is 5.93. The lowest BCUT2D eigenvalue weighted by atomic mass is 10.1. The first kappa shape index (κ1) is 15.2. The number of phenolic OH excluding ortho intramolecular Hbond substituents is 1. The molecule has 0 saturated carbocycles. The number of rotatable bonds is 2. The van der Waals surface area contributed by atoms with Gasteiger partial charge in [0, 0.05) is 12.4 Å². The average Bonchev–Trinajstić information content (AvgIpc) is 2.40. The van der Waals surface area contributed by atoms with Crippen molar-refractivity contribution in [3.8, 4) is 5.75 Å². The number of nitrogens with zero attached hydrogens (tertiary/aromatic N) is 1. The molecule has 2 rings (SSSR count). The fraction of sp³-hybridized carbons (Fsp3) is 0.167. The van der Waals surface area contributed by atoms with E-state index in [1.807, 2.05) is 0 Å². The minimum absolute atomic E-state index is 0.403. The molecule has 1 atom stereocenters.